The third kappa shape index (κ3) is 4.99. The maximum absolute atomic E-state index is 12.3. The van der Waals surface area contributed by atoms with Crippen LogP contribution in [0, 0.1) is 46.3 Å². The van der Waals surface area contributed by atoms with E-state index in [2.05, 4.69) is 20.8 Å². The van der Waals surface area contributed by atoms with Crippen LogP contribution in [0.4, 0.5) is 0 Å². The van der Waals surface area contributed by atoms with E-state index in [9.17, 15) is 14.4 Å². The predicted molar refractivity (Wildman–Crippen MR) is 131 cm³/mol. The highest BCUT2D eigenvalue weighted by Gasteiger charge is 2.60. The Bertz CT molecular complexity index is 830. The van der Waals surface area contributed by atoms with Gasteiger partial charge in [0.2, 0.25) is 0 Å². The van der Waals surface area contributed by atoms with Crippen molar-refractivity contribution in [3.8, 4) is 0 Å². The fraction of sp³-hybridized carbons (Fsp3) is 0.893. The maximum atomic E-state index is 12.3. The van der Waals surface area contributed by atoms with Crippen LogP contribution in [0.3, 0.4) is 0 Å². The highest BCUT2D eigenvalue weighted by Crippen LogP contribution is 2.68. The highest BCUT2D eigenvalue weighted by molar-refractivity contribution is 5.81. The Hall–Kier alpha value is -1.63. The lowest BCUT2D eigenvalue weighted by molar-refractivity contribution is -0.165. The molecule has 0 radical (unpaired) electrons. The van der Waals surface area contributed by atoms with Gasteiger partial charge in [-0.3, -0.25) is 14.4 Å². The number of aliphatic carboxylic acids is 2. The molecule has 4 saturated carbocycles. The summed E-state index contributed by atoms with van der Waals surface area (Å²) in [5.41, 5.74) is 6.32. The molecule has 0 aliphatic heterocycles. The Morgan fingerprint density at radius 3 is 2.31 bits per heavy atom. The van der Waals surface area contributed by atoms with Gasteiger partial charge in [0.15, 0.2) is 0 Å². The van der Waals surface area contributed by atoms with Crippen molar-refractivity contribution >= 4 is 17.9 Å². The van der Waals surface area contributed by atoms with Gasteiger partial charge in [-0.05, 0) is 111 Å². The highest BCUT2D eigenvalue weighted by atomic mass is 16.5. The molecule has 0 saturated heterocycles. The van der Waals surface area contributed by atoms with Crippen LogP contribution in [0.2, 0.25) is 0 Å². The summed E-state index contributed by atoms with van der Waals surface area (Å²) in [5, 5.41) is 18.1. The Balaban J connectivity index is 1.40. The summed E-state index contributed by atoms with van der Waals surface area (Å²) in [6, 6.07) is -1.10. The van der Waals surface area contributed by atoms with Gasteiger partial charge in [0, 0.05) is 6.42 Å². The second kappa shape index (κ2) is 10.0. The van der Waals surface area contributed by atoms with Crippen molar-refractivity contribution in [1.82, 2.24) is 0 Å². The molecule has 0 aromatic rings. The van der Waals surface area contributed by atoms with Gasteiger partial charge in [0.1, 0.15) is 12.1 Å². The molecule has 0 amide bonds. The minimum Gasteiger partial charge on any atom is -0.481 e. The number of carboxylic acid groups (broad SMARTS) is 2. The van der Waals surface area contributed by atoms with Crippen LogP contribution in [0.25, 0.3) is 0 Å². The number of hydrogen-bond donors (Lipinski definition) is 3. The lowest BCUT2D eigenvalue weighted by Crippen LogP contribution is -2.54. The van der Waals surface area contributed by atoms with E-state index in [1.54, 1.807) is 0 Å². The van der Waals surface area contributed by atoms with Gasteiger partial charge in [-0.2, -0.15) is 0 Å². The molecule has 198 valence electrons. The van der Waals surface area contributed by atoms with Gasteiger partial charge >= 0.3 is 17.9 Å². The molecule has 7 nitrogen and oxygen atoms in total. The van der Waals surface area contributed by atoms with Crippen molar-refractivity contribution in [2.75, 3.05) is 0 Å². The predicted octanol–water partition coefficient (Wildman–Crippen LogP) is 4.86. The molecule has 4 fully saturated rings. The van der Waals surface area contributed by atoms with Crippen molar-refractivity contribution in [3.05, 3.63) is 0 Å². The molecule has 4 rings (SSSR count). The standard InChI is InChI=1S/C28H45NO6/c1-16(4-9-24(30)31)20-7-8-21-19-6-5-17-14-18(35-26(34)23(29)15-25(32)33)10-12-27(17,2)22(19)11-13-28(20,21)3/h16-23H,4-15,29H2,1-3H3,(H,30,31)(H,32,33)/t16-,17-,18-,19?,20?,21+,22?,23+,27+,28-/m1/s1. The number of hydrogen-bond acceptors (Lipinski definition) is 5. The number of carboxylic acids is 2. The normalized spacial score (nSPS) is 42.2. The van der Waals surface area contributed by atoms with Gasteiger partial charge in [-0.15, -0.1) is 0 Å². The molecule has 35 heavy (non-hydrogen) atoms. The summed E-state index contributed by atoms with van der Waals surface area (Å²) in [6.07, 6.45) is 10.7. The number of esters is 1. The van der Waals surface area contributed by atoms with Crippen molar-refractivity contribution in [2.45, 2.75) is 110 Å². The fourth-order valence-electron chi connectivity index (χ4n) is 9.38. The average Bonchev–Trinajstić information content (AvgIpc) is 3.14. The topological polar surface area (TPSA) is 127 Å². The lowest BCUT2D eigenvalue weighted by Gasteiger charge is -2.61. The third-order valence-corrected chi connectivity index (χ3v) is 11.2. The molecule has 0 aromatic carbocycles. The van der Waals surface area contributed by atoms with E-state index in [-0.39, 0.29) is 17.9 Å². The second-order valence-electron chi connectivity index (χ2n) is 12.8. The lowest BCUT2D eigenvalue weighted by atomic mass is 9.44. The number of carbonyl (C=O) groups excluding carboxylic acids is 1. The molecule has 3 unspecified atom stereocenters. The van der Waals surface area contributed by atoms with Crippen molar-refractivity contribution < 1.29 is 29.3 Å². The molecule has 4 N–H and O–H groups in total. The first kappa shape index (κ1) is 26.4. The number of nitrogens with two attached hydrogens (primary N) is 1. The quantitative estimate of drug-likeness (QED) is 0.414. The molecule has 10 atom stereocenters. The van der Waals surface area contributed by atoms with E-state index in [1.807, 2.05) is 0 Å². The largest absolute Gasteiger partial charge is 0.481 e. The van der Waals surface area contributed by atoms with E-state index in [0.29, 0.717) is 29.1 Å². The van der Waals surface area contributed by atoms with Crippen LogP contribution >= 0.6 is 0 Å². The summed E-state index contributed by atoms with van der Waals surface area (Å²) in [7, 11) is 0. The first-order valence-electron chi connectivity index (χ1n) is 13.9. The third-order valence-electron chi connectivity index (χ3n) is 11.2. The van der Waals surface area contributed by atoms with Crippen LogP contribution in [0.15, 0.2) is 0 Å². The van der Waals surface area contributed by atoms with Crippen LogP contribution in [-0.2, 0) is 19.1 Å². The molecule has 4 aliphatic carbocycles. The Morgan fingerprint density at radius 2 is 1.63 bits per heavy atom. The fourth-order valence-corrected chi connectivity index (χ4v) is 9.38. The number of fused-ring (bicyclic) bond motifs is 5. The summed E-state index contributed by atoms with van der Waals surface area (Å²) < 4.78 is 5.68. The minimum atomic E-state index is -1.10. The summed E-state index contributed by atoms with van der Waals surface area (Å²) in [5.74, 6) is 1.45. The molecular weight excluding hydrogens is 446 g/mol. The SMILES string of the molecule is C[C@H](CCC(=O)O)C1CC[C@H]2C3CC[C@@H]4C[C@H](OC(=O)[C@@H](N)CC(=O)O)CC[C@]4(C)C3CC[C@]12C. The molecule has 7 heteroatoms. The summed E-state index contributed by atoms with van der Waals surface area (Å²) >= 11 is 0. The summed E-state index contributed by atoms with van der Waals surface area (Å²) in [4.78, 5) is 34.3. The van der Waals surface area contributed by atoms with Crippen molar-refractivity contribution in [2.24, 2.45) is 52.1 Å². The average molecular weight is 492 g/mol. The molecule has 0 heterocycles. The van der Waals surface area contributed by atoms with E-state index >= 15 is 0 Å². The van der Waals surface area contributed by atoms with Gasteiger partial charge < -0.3 is 20.7 Å². The van der Waals surface area contributed by atoms with E-state index in [1.165, 1.54) is 38.5 Å². The first-order valence-corrected chi connectivity index (χ1v) is 13.9. The zero-order valence-corrected chi connectivity index (χ0v) is 21.7. The Morgan fingerprint density at radius 1 is 0.943 bits per heavy atom. The first-order chi connectivity index (χ1) is 16.5. The van der Waals surface area contributed by atoms with Crippen molar-refractivity contribution in [1.29, 1.82) is 0 Å². The summed E-state index contributed by atoms with van der Waals surface area (Å²) in [6.45, 7) is 7.26. The van der Waals surface area contributed by atoms with Crippen LogP contribution in [0.5, 0.6) is 0 Å². The van der Waals surface area contributed by atoms with E-state index in [0.717, 1.165) is 37.5 Å². The molecule has 0 bridgehead atoms. The van der Waals surface area contributed by atoms with Crippen molar-refractivity contribution in [3.63, 3.8) is 0 Å². The maximum Gasteiger partial charge on any atom is 0.323 e. The van der Waals surface area contributed by atoms with E-state index in [4.69, 9.17) is 20.7 Å². The van der Waals surface area contributed by atoms with Gasteiger partial charge in [0.05, 0.1) is 6.42 Å². The van der Waals surface area contributed by atoms with Gasteiger partial charge in [0.25, 0.3) is 0 Å². The van der Waals surface area contributed by atoms with Gasteiger partial charge in [-0.1, -0.05) is 20.8 Å². The second-order valence-corrected chi connectivity index (χ2v) is 12.8. The van der Waals surface area contributed by atoms with Gasteiger partial charge in [-0.25, -0.2) is 0 Å². The number of ether oxygens (including phenoxy) is 1. The van der Waals surface area contributed by atoms with Crippen LogP contribution in [-0.4, -0.2) is 40.3 Å². The monoisotopic (exact) mass is 491 g/mol. The van der Waals surface area contributed by atoms with E-state index < -0.39 is 30.4 Å². The smallest absolute Gasteiger partial charge is 0.323 e. The zero-order valence-electron chi connectivity index (χ0n) is 21.7. The molecule has 4 aliphatic rings. The zero-order chi connectivity index (χ0) is 25.5. The molecular formula is C28H45NO6. The number of rotatable bonds is 8. The van der Waals surface area contributed by atoms with Crippen LogP contribution in [0.1, 0.15) is 97.8 Å². The molecule has 0 aromatic heterocycles. The minimum absolute atomic E-state index is 0.156. The Labute approximate surface area is 209 Å². The number of carbonyl (C=O) groups is 3. The Kier molecular flexibility index (Phi) is 7.57. The van der Waals surface area contributed by atoms with Crippen LogP contribution < -0.4 is 5.73 Å². The molecule has 0 spiro atoms.